The van der Waals surface area contributed by atoms with Crippen molar-refractivity contribution in [3.63, 3.8) is 0 Å². The molecule has 1 rings (SSSR count). The van der Waals surface area contributed by atoms with E-state index in [-0.39, 0.29) is 18.0 Å². The Balaban J connectivity index is 2.87. The van der Waals surface area contributed by atoms with E-state index < -0.39 is 12.0 Å². The molecular formula is C16H25NO2. The van der Waals surface area contributed by atoms with Gasteiger partial charge in [-0.05, 0) is 33.3 Å². The van der Waals surface area contributed by atoms with Gasteiger partial charge in [-0.15, -0.1) is 0 Å². The Morgan fingerprint density at radius 2 is 1.47 bits per heavy atom. The summed E-state index contributed by atoms with van der Waals surface area (Å²) in [5.74, 6) is -0.437. The third kappa shape index (κ3) is 3.80. The van der Waals surface area contributed by atoms with E-state index in [1.165, 1.54) is 0 Å². The summed E-state index contributed by atoms with van der Waals surface area (Å²) in [5, 5.41) is 10.3. The molecule has 0 fully saturated rings. The van der Waals surface area contributed by atoms with Crippen molar-refractivity contribution >= 4 is 5.91 Å². The summed E-state index contributed by atoms with van der Waals surface area (Å²) >= 11 is 0. The van der Waals surface area contributed by atoms with Crippen LogP contribution in [0.4, 0.5) is 0 Å². The number of nitrogens with zero attached hydrogens (tertiary/aromatic N) is 1. The molecule has 0 radical (unpaired) electrons. The molecular weight excluding hydrogens is 238 g/mol. The lowest BCUT2D eigenvalue weighted by molar-refractivity contribution is -0.142. The Morgan fingerprint density at radius 1 is 1.00 bits per heavy atom. The lowest BCUT2D eigenvalue weighted by atomic mass is 9.95. The van der Waals surface area contributed by atoms with Crippen molar-refractivity contribution in [2.75, 3.05) is 0 Å². The minimum Gasteiger partial charge on any atom is -0.388 e. The van der Waals surface area contributed by atoms with Crippen LogP contribution in [0.15, 0.2) is 30.3 Å². The molecule has 0 saturated carbocycles. The molecule has 0 aliphatic heterocycles. The van der Waals surface area contributed by atoms with E-state index in [2.05, 4.69) is 0 Å². The Kier molecular flexibility index (Phi) is 5.55. The molecule has 1 aromatic carbocycles. The fourth-order valence-corrected chi connectivity index (χ4v) is 2.41. The van der Waals surface area contributed by atoms with Gasteiger partial charge in [0.15, 0.2) is 0 Å². The molecule has 106 valence electrons. The number of benzene rings is 1. The maximum absolute atomic E-state index is 12.5. The number of carbonyl (C=O) groups is 1. The van der Waals surface area contributed by atoms with Gasteiger partial charge in [-0.2, -0.15) is 0 Å². The second-order valence-electron chi connectivity index (χ2n) is 5.58. The van der Waals surface area contributed by atoms with Gasteiger partial charge in [-0.3, -0.25) is 4.79 Å². The van der Waals surface area contributed by atoms with Crippen LogP contribution in [-0.4, -0.2) is 28.0 Å². The van der Waals surface area contributed by atoms with Gasteiger partial charge in [0, 0.05) is 12.1 Å². The maximum Gasteiger partial charge on any atom is 0.228 e. The summed E-state index contributed by atoms with van der Waals surface area (Å²) in [6.07, 6.45) is -0.756. The van der Waals surface area contributed by atoms with E-state index in [9.17, 15) is 9.90 Å². The van der Waals surface area contributed by atoms with Gasteiger partial charge in [-0.25, -0.2) is 0 Å². The minimum atomic E-state index is -0.756. The molecule has 1 aromatic rings. The number of amides is 1. The lowest BCUT2D eigenvalue weighted by Gasteiger charge is -2.34. The maximum atomic E-state index is 12.5. The molecule has 3 nitrogen and oxygen atoms in total. The third-order valence-corrected chi connectivity index (χ3v) is 3.37. The molecule has 19 heavy (non-hydrogen) atoms. The molecule has 1 amide bonds. The predicted molar refractivity (Wildman–Crippen MR) is 77.7 cm³/mol. The highest BCUT2D eigenvalue weighted by atomic mass is 16.3. The SMILES string of the molecule is CC(C)N(C(=O)[C@H](C)[C@H](O)c1ccccc1)C(C)C. The fraction of sp³-hybridized carbons (Fsp3) is 0.562. The highest BCUT2D eigenvalue weighted by molar-refractivity contribution is 5.79. The van der Waals surface area contributed by atoms with E-state index in [0.717, 1.165) is 5.56 Å². The highest BCUT2D eigenvalue weighted by Crippen LogP contribution is 2.24. The number of aliphatic hydroxyl groups excluding tert-OH is 1. The van der Waals surface area contributed by atoms with Crippen LogP contribution in [0.1, 0.15) is 46.3 Å². The summed E-state index contributed by atoms with van der Waals surface area (Å²) in [4.78, 5) is 14.3. The van der Waals surface area contributed by atoms with Crippen LogP contribution in [0.5, 0.6) is 0 Å². The quantitative estimate of drug-likeness (QED) is 0.887. The molecule has 0 unspecified atom stereocenters. The predicted octanol–water partition coefficient (Wildman–Crippen LogP) is 3.00. The van der Waals surface area contributed by atoms with Gasteiger partial charge in [0.2, 0.25) is 5.91 Å². The lowest BCUT2D eigenvalue weighted by Crippen LogP contribution is -2.45. The largest absolute Gasteiger partial charge is 0.388 e. The minimum absolute atomic E-state index is 0.00125. The van der Waals surface area contributed by atoms with E-state index in [0.29, 0.717) is 0 Å². The molecule has 3 heteroatoms. The molecule has 0 aliphatic carbocycles. The molecule has 0 spiro atoms. The fourth-order valence-electron chi connectivity index (χ4n) is 2.41. The monoisotopic (exact) mass is 263 g/mol. The number of hydrogen-bond acceptors (Lipinski definition) is 2. The van der Waals surface area contributed by atoms with E-state index in [1.54, 1.807) is 6.92 Å². The molecule has 0 aromatic heterocycles. The summed E-state index contributed by atoms with van der Waals surface area (Å²) in [6, 6.07) is 9.62. The van der Waals surface area contributed by atoms with Crippen molar-refractivity contribution < 1.29 is 9.90 Å². The number of carbonyl (C=O) groups excluding carboxylic acids is 1. The standard InChI is InChI=1S/C16H25NO2/c1-11(2)17(12(3)4)16(19)13(5)15(18)14-9-7-6-8-10-14/h6-13,15,18H,1-5H3/t13-,15+/m1/s1. The molecule has 0 saturated heterocycles. The van der Waals surface area contributed by atoms with Crippen LogP contribution in [0, 0.1) is 5.92 Å². The Morgan fingerprint density at radius 3 is 1.89 bits per heavy atom. The summed E-state index contributed by atoms with van der Waals surface area (Å²) in [7, 11) is 0. The van der Waals surface area contributed by atoms with Crippen LogP contribution in [0.25, 0.3) is 0 Å². The Bertz CT molecular complexity index is 392. The van der Waals surface area contributed by atoms with Gasteiger partial charge in [0.25, 0.3) is 0 Å². The van der Waals surface area contributed by atoms with E-state index in [4.69, 9.17) is 0 Å². The number of hydrogen-bond donors (Lipinski definition) is 1. The molecule has 0 bridgehead atoms. The average molecular weight is 263 g/mol. The van der Waals surface area contributed by atoms with E-state index >= 15 is 0 Å². The molecule has 1 N–H and O–H groups in total. The Labute approximate surface area is 116 Å². The number of aliphatic hydroxyl groups is 1. The van der Waals surface area contributed by atoms with Crippen LogP contribution in [0.2, 0.25) is 0 Å². The first kappa shape index (κ1) is 15.7. The smallest absolute Gasteiger partial charge is 0.228 e. The van der Waals surface area contributed by atoms with Crippen molar-refractivity contribution in [3.8, 4) is 0 Å². The van der Waals surface area contributed by atoms with Crippen LogP contribution in [-0.2, 0) is 4.79 Å². The van der Waals surface area contributed by atoms with Crippen molar-refractivity contribution in [2.24, 2.45) is 5.92 Å². The second-order valence-corrected chi connectivity index (χ2v) is 5.58. The highest BCUT2D eigenvalue weighted by Gasteiger charge is 2.30. The first-order valence-corrected chi connectivity index (χ1v) is 6.91. The van der Waals surface area contributed by atoms with Crippen molar-refractivity contribution in [1.29, 1.82) is 0 Å². The molecule has 0 aliphatic rings. The second kappa shape index (κ2) is 6.71. The first-order chi connectivity index (χ1) is 8.86. The average Bonchev–Trinajstić information content (AvgIpc) is 2.37. The van der Waals surface area contributed by atoms with Gasteiger partial charge in [0.05, 0.1) is 12.0 Å². The third-order valence-electron chi connectivity index (χ3n) is 3.37. The first-order valence-electron chi connectivity index (χ1n) is 6.91. The molecule has 2 atom stereocenters. The van der Waals surface area contributed by atoms with Crippen LogP contribution in [0.3, 0.4) is 0 Å². The van der Waals surface area contributed by atoms with Crippen molar-refractivity contribution in [3.05, 3.63) is 35.9 Å². The van der Waals surface area contributed by atoms with Gasteiger partial charge in [-0.1, -0.05) is 37.3 Å². The summed E-state index contributed by atoms with van der Waals surface area (Å²) in [6.45, 7) is 9.79. The summed E-state index contributed by atoms with van der Waals surface area (Å²) in [5.41, 5.74) is 0.788. The van der Waals surface area contributed by atoms with Crippen LogP contribution < -0.4 is 0 Å². The normalized spacial score (nSPS) is 14.5. The molecule has 0 heterocycles. The topological polar surface area (TPSA) is 40.5 Å². The van der Waals surface area contributed by atoms with Crippen LogP contribution >= 0.6 is 0 Å². The zero-order valence-electron chi connectivity index (χ0n) is 12.5. The summed E-state index contributed by atoms with van der Waals surface area (Å²) < 4.78 is 0. The van der Waals surface area contributed by atoms with E-state index in [1.807, 2.05) is 62.9 Å². The van der Waals surface area contributed by atoms with Gasteiger partial charge >= 0.3 is 0 Å². The Hall–Kier alpha value is -1.35. The van der Waals surface area contributed by atoms with Crippen molar-refractivity contribution in [2.45, 2.75) is 52.8 Å². The number of rotatable bonds is 5. The zero-order valence-corrected chi connectivity index (χ0v) is 12.5. The van der Waals surface area contributed by atoms with Crippen molar-refractivity contribution in [1.82, 2.24) is 4.90 Å². The van der Waals surface area contributed by atoms with Gasteiger partial charge in [0.1, 0.15) is 0 Å². The van der Waals surface area contributed by atoms with Gasteiger partial charge < -0.3 is 10.0 Å². The zero-order chi connectivity index (χ0) is 14.6.